The van der Waals surface area contributed by atoms with Crippen molar-refractivity contribution in [1.29, 1.82) is 0 Å². The van der Waals surface area contributed by atoms with Gasteiger partial charge in [0, 0.05) is 13.1 Å². The number of amides is 1. The van der Waals surface area contributed by atoms with Crippen LogP contribution in [0.25, 0.3) is 10.2 Å². The third-order valence-electron chi connectivity index (χ3n) is 2.96. The van der Waals surface area contributed by atoms with Crippen LogP contribution in [-0.2, 0) is 0 Å². The summed E-state index contributed by atoms with van der Waals surface area (Å²) in [5.74, 6) is -0.464. The molecule has 3 rings (SSSR count). The van der Waals surface area contributed by atoms with E-state index in [4.69, 9.17) is 5.73 Å². The molecule has 0 spiro atoms. The number of primary amides is 1. The van der Waals surface area contributed by atoms with Gasteiger partial charge in [-0.3, -0.25) is 4.79 Å². The minimum atomic E-state index is -0.464. The van der Waals surface area contributed by atoms with Crippen LogP contribution in [-0.4, -0.2) is 24.0 Å². The molecule has 0 aliphatic carbocycles. The van der Waals surface area contributed by atoms with Crippen LogP contribution < -0.4 is 10.6 Å². The molecule has 1 saturated heterocycles. The topological polar surface area (TPSA) is 59.2 Å². The molecule has 17 heavy (non-hydrogen) atoms. The number of hydrogen-bond acceptors (Lipinski definition) is 4. The van der Waals surface area contributed by atoms with Gasteiger partial charge < -0.3 is 10.6 Å². The van der Waals surface area contributed by atoms with Gasteiger partial charge in [-0.1, -0.05) is 17.4 Å². The fourth-order valence-electron chi connectivity index (χ4n) is 2.11. The maximum atomic E-state index is 11.3. The van der Waals surface area contributed by atoms with Crippen LogP contribution in [0.3, 0.4) is 0 Å². The molecule has 1 fully saturated rings. The Morgan fingerprint density at radius 2 is 2.24 bits per heavy atom. The highest BCUT2D eigenvalue weighted by molar-refractivity contribution is 7.22. The summed E-state index contributed by atoms with van der Waals surface area (Å²) >= 11 is 1.61. The predicted octanol–water partition coefficient (Wildman–Crippen LogP) is 1.80. The summed E-state index contributed by atoms with van der Waals surface area (Å²) in [7, 11) is 0. The van der Waals surface area contributed by atoms with Gasteiger partial charge in [-0.2, -0.15) is 0 Å². The summed E-state index contributed by atoms with van der Waals surface area (Å²) in [5, 5.41) is 0.986. The second kappa shape index (κ2) is 4.00. The Morgan fingerprint density at radius 3 is 2.94 bits per heavy atom. The lowest BCUT2D eigenvalue weighted by atomic mass is 10.2. The zero-order chi connectivity index (χ0) is 11.8. The van der Waals surface area contributed by atoms with E-state index in [0.717, 1.165) is 22.9 Å². The zero-order valence-corrected chi connectivity index (χ0v) is 10.1. The van der Waals surface area contributed by atoms with Crippen molar-refractivity contribution in [2.45, 2.75) is 12.8 Å². The molecule has 1 aromatic heterocycles. The molecule has 4 nitrogen and oxygen atoms in total. The first-order chi connectivity index (χ1) is 8.25. The Balaban J connectivity index is 2.11. The molecule has 1 aromatic carbocycles. The number of nitrogens with zero attached hydrogens (tertiary/aromatic N) is 2. The number of fused-ring (bicyclic) bond motifs is 1. The second-order valence-electron chi connectivity index (χ2n) is 4.12. The molecule has 1 aliphatic heterocycles. The van der Waals surface area contributed by atoms with Crippen LogP contribution >= 0.6 is 11.3 Å². The standard InChI is InChI=1S/C12H12N3OS/c13-11(16)8-4-3-5-9-10(8)14-12(17-9)15-6-1-2-7-15/h3,5H,1-2,6-7H2,(H2,13,16). The minimum absolute atomic E-state index is 0.393. The van der Waals surface area contributed by atoms with Crippen LogP contribution in [0.5, 0.6) is 0 Å². The van der Waals surface area contributed by atoms with E-state index in [2.05, 4.69) is 16.0 Å². The fourth-order valence-corrected chi connectivity index (χ4v) is 3.14. The number of rotatable bonds is 2. The number of carbonyl (C=O) groups is 1. The van der Waals surface area contributed by atoms with Crippen LogP contribution in [0.2, 0.25) is 0 Å². The lowest BCUT2D eigenvalue weighted by molar-refractivity contribution is 0.100. The summed E-state index contributed by atoms with van der Waals surface area (Å²) < 4.78 is 0.999. The number of anilines is 1. The number of nitrogens with two attached hydrogens (primary N) is 1. The van der Waals surface area contributed by atoms with Crippen molar-refractivity contribution in [2.24, 2.45) is 5.73 Å². The molecule has 1 radical (unpaired) electrons. The summed E-state index contributed by atoms with van der Waals surface area (Å²) in [6.07, 6.45) is 2.43. The highest BCUT2D eigenvalue weighted by Crippen LogP contribution is 2.32. The second-order valence-corrected chi connectivity index (χ2v) is 5.13. The highest BCUT2D eigenvalue weighted by Gasteiger charge is 2.18. The Kier molecular flexibility index (Phi) is 2.48. The van der Waals surface area contributed by atoms with Crippen LogP contribution in [0.15, 0.2) is 12.1 Å². The van der Waals surface area contributed by atoms with Crippen molar-refractivity contribution < 1.29 is 4.79 Å². The molecular weight excluding hydrogens is 234 g/mol. The predicted molar refractivity (Wildman–Crippen MR) is 68.4 cm³/mol. The van der Waals surface area contributed by atoms with E-state index in [1.54, 1.807) is 17.4 Å². The quantitative estimate of drug-likeness (QED) is 0.879. The number of hydrogen-bond donors (Lipinski definition) is 1. The first-order valence-corrected chi connectivity index (χ1v) is 6.43. The van der Waals surface area contributed by atoms with Gasteiger partial charge in [-0.25, -0.2) is 4.98 Å². The SMILES string of the molecule is NC(=O)c1[c]ccc2sc(N3CCCC3)nc12. The lowest BCUT2D eigenvalue weighted by Crippen LogP contribution is -2.17. The number of carbonyl (C=O) groups excluding carboxylic acids is 1. The van der Waals surface area contributed by atoms with E-state index in [1.807, 2.05) is 6.07 Å². The molecule has 0 saturated carbocycles. The number of benzene rings is 1. The third-order valence-corrected chi connectivity index (χ3v) is 4.05. The van der Waals surface area contributed by atoms with Gasteiger partial charge in [0.05, 0.1) is 15.8 Å². The van der Waals surface area contributed by atoms with Crippen molar-refractivity contribution in [3.05, 3.63) is 23.8 Å². The maximum Gasteiger partial charge on any atom is 0.251 e. The van der Waals surface area contributed by atoms with Crippen LogP contribution in [0.4, 0.5) is 5.13 Å². The van der Waals surface area contributed by atoms with Crippen molar-refractivity contribution >= 4 is 32.6 Å². The highest BCUT2D eigenvalue weighted by atomic mass is 32.1. The molecule has 1 aliphatic rings. The average molecular weight is 246 g/mol. The Bertz CT molecular complexity index is 572. The van der Waals surface area contributed by atoms with Gasteiger partial charge in [-0.15, -0.1) is 0 Å². The molecule has 2 N–H and O–H groups in total. The molecule has 1 amide bonds. The Labute approximate surface area is 103 Å². The monoisotopic (exact) mass is 246 g/mol. The first-order valence-electron chi connectivity index (χ1n) is 5.62. The van der Waals surface area contributed by atoms with E-state index in [-0.39, 0.29) is 0 Å². The lowest BCUT2D eigenvalue weighted by Gasteiger charge is -2.11. The average Bonchev–Trinajstić information content (AvgIpc) is 2.96. The van der Waals surface area contributed by atoms with Crippen molar-refractivity contribution in [2.75, 3.05) is 18.0 Å². The molecule has 0 atom stereocenters. The van der Waals surface area contributed by atoms with Gasteiger partial charge >= 0.3 is 0 Å². The van der Waals surface area contributed by atoms with Crippen LogP contribution in [0.1, 0.15) is 23.2 Å². The molecular formula is C12H12N3OS. The molecule has 2 heterocycles. The maximum absolute atomic E-state index is 11.3. The van der Waals surface area contributed by atoms with Gasteiger partial charge in [0.15, 0.2) is 5.13 Å². The summed E-state index contributed by atoms with van der Waals surface area (Å²) in [6.45, 7) is 2.10. The van der Waals surface area contributed by atoms with Crippen molar-refractivity contribution in [3.63, 3.8) is 0 Å². The Morgan fingerprint density at radius 1 is 1.47 bits per heavy atom. The normalized spacial score (nSPS) is 15.6. The van der Waals surface area contributed by atoms with E-state index >= 15 is 0 Å². The number of thiazole rings is 1. The van der Waals surface area contributed by atoms with Gasteiger partial charge in [0.25, 0.3) is 5.91 Å². The van der Waals surface area contributed by atoms with Gasteiger partial charge in [0.1, 0.15) is 0 Å². The van der Waals surface area contributed by atoms with E-state index in [9.17, 15) is 4.79 Å². The molecule has 0 unspecified atom stereocenters. The van der Waals surface area contributed by atoms with Gasteiger partial charge in [0.2, 0.25) is 0 Å². The molecule has 2 aromatic rings. The minimum Gasteiger partial charge on any atom is -0.366 e. The summed E-state index contributed by atoms with van der Waals surface area (Å²) in [4.78, 5) is 18.1. The van der Waals surface area contributed by atoms with E-state index < -0.39 is 5.91 Å². The summed E-state index contributed by atoms with van der Waals surface area (Å²) in [5.41, 5.74) is 6.40. The first kappa shape index (κ1) is 10.5. The molecule has 87 valence electrons. The number of aromatic nitrogens is 1. The molecule has 5 heteroatoms. The van der Waals surface area contributed by atoms with E-state index in [1.165, 1.54) is 12.8 Å². The fraction of sp³-hybridized carbons (Fsp3) is 0.333. The van der Waals surface area contributed by atoms with Crippen LogP contribution in [0, 0.1) is 6.07 Å². The Hall–Kier alpha value is -1.62. The van der Waals surface area contributed by atoms with Gasteiger partial charge in [-0.05, 0) is 25.0 Å². The third kappa shape index (κ3) is 1.76. The summed E-state index contributed by atoms with van der Waals surface area (Å²) in [6, 6.07) is 6.53. The zero-order valence-electron chi connectivity index (χ0n) is 9.27. The molecule has 0 bridgehead atoms. The van der Waals surface area contributed by atoms with Crippen molar-refractivity contribution in [1.82, 2.24) is 4.98 Å². The largest absolute Gasteiger partial charge is 0.366 e. The van der Waals surface area contributed by atoms with E-state index in [0.29, 0.717) is 11.1 Å². The van der Waals surface area contributed by atoms with Crippen molar-refractivity contribution in [3.8, 4) is 0 Å². The smallest absolute Gasteiger partial charge is 0.251 e.